The number of benzene rings is 9. The van der Waals surface area contributed by atoms with Gasteiger partial charge in [-0.2, -0.15) is 0 Å². The van der Waals surface area contributed by atoms with Crippen LogP contribution < -0.4 is 9.05 Å². The summed E-state index contributed by atoms with van der Waals surface area (Å²) < 4.78 is 74.2. The second kappa shape index (κ2) is 21.2. The standard InChI is InChI=1S/C68H60O10P2/c1-63(2)69-59-60(70-63)66(51-34-17-7-18-35-51,52-36-19-8-20-37-52)76-79(75-65(59,49-30-13-5-14-31-49)50-32-15-6-16-33-50)73-57-46-29-47-58(48-57)74-80-77-67(53-38-21-9-22-39-53,54-40-23-10-24-41-54)61-62(72-64(3,4)71-61)68(78-80,55-42-25-11-26-43-55)56-44-27-12-28-45-56/h5-48,59-62H,1-4H3/t59-,60-,61-,62-/m1/s1. The molecule has 4 aliphatic heterocycles. The molecule has 0 amide bonds. The Bertz CT molecular complexity index is 2920. The number of hydrogen-bond acceptors (Lipinski definition) is 10. The van der Waals surface area contributed by atoms with Crippen LogP contribution in [-0.2, 0) is 59.4 Å². The molecule has 0 N–H and O–H groups in total. The molecule has 0 aromatic heterocycles. The highest BCUT2D eigenvalue weighted by molar-refractivity contribution is 7.42. The Morgan fingerprint density at radius 1 is 0.263 bits per heavy atom. The molecule has 4 fully saturated rings. The average Bonchev–Trinajstić information content (AvgIpc) is 4.04. The maximum absolute atomic E-state index is 7.70. The van der Waals surface area contributed by atoms with Crippen molar-refractivity contribution in [1.82, 2.24) is 0 Å². The number of rotatable bonds is 12. The van der Waals surface area contributed by atoms with Gasteiger partial charge in [0.2, 0.25) is 0 Å². The van der Waals surface area contributed by atoms with Gasteiger partial charge in [-0.15, -0.1) is 0 Å². The van der Waals surface area contributed by atoms with Crippen molar-refractivity contribution in [3.8, 4) is 11.5 Å². The van der Waals surface area contributed by atoms with Crippen molar-refractivity contribution in [2.75, 3.05) is 0 Å². The lowest BCUT2D eigenvalue weighted by atomic mass is 9.72. The third-order valence-electron chi connectivity index (χ3n) is 15.5. The first-order valence-electron chi connectivity index (χ1n) is 27.0. The van der Waals surface area contributed by atoms with E-state index in [1.54, 1.807) is 0 Å². The van der Waals surface area contributed by atoms with E-state index in [1.165, 1.54) is 0 Å². The van der Waals surface area contributed by atoms with E-state index >= 15 is 0 Å². The molecule has 0 aliphatic carbocycles. The summed E-state index contributed by atoms with van der Waals surface area (Å²) in [6.07, 6.45) is -3.16. The Kier molecular flexibility index (Phi) is 13.9. The quantitative estimate of drug-likeness (QED) is 0.110. The van der Waals surface area contributed by atoms with Gasteiger partial charge in [-0.05, 0) is 84.3 Å². The summed E-state index contributed by atoms with van der Waals surface area (Å²) in [7, 11) is -4.82. The van der Waals surface area contributed by atoms with Crippen LogP contribution in [0.1, 0.15) is 72.2 Å². The van der Waals surface area contributed by atoms with Crippen molar-refractivity contribution in [3.05, 3.63) is 311 Å². The highest BCUT2D eigenvalue weighted by Gasteiger charge is 2.69. The lowest BCUT2D eigenvalue weighted by Crippen LogP contribution is -2.53. The largest absolute Gasteiger partial charge is 0.427 e. The van der Waals surface area contributed by atoms with Gasteiger partial charge < -0.3 is 28.0 Å². The number of fused-ring (bicyclic) bond motifs is 2. The van der Waals surface area contributed by atoms with Crippen LogP contribution in [-0.4, -0.2) is 36.0 Å². The molecule has 9 aromatic carbocycles. The Hall–Kier alpha value is -6.88. The zero-order valence-corrected chi connectivity index (χ0v) is 46.5. The van der Waals surface area contributed by atoms with Crippen molar-refractivity contribution in [3.63, 3.8) is 0 Å². The van der Waals surface area contributed by atoms with Crippen LogP contribution in [0.3, 0.4) is 0 Å². The van der Waals surface area contributed by atoms with Crippen LogP contribution in [0.5, 0.6) is 11.5 Å². The van der Waals surface area contributed by atoms with Gasteiger partial charge in [0.15, 0.2) is 34.0 Å². The molecule has 402 valence electrons. The minimum absolute atomic E-state index is 0.401. The summed E-state index contributed by atoms with van der Waals surface area (Å²) in [5.74, 6) is -1.32. The van der Waals surface area contributed by atoms with Gasteiger partial charge >= 0.3 is 17.2 Å². The van der Waals surface area contributed by atoms with E-state index in [-0.39, 0.29) is 0 Å². The van der Waals surface area contributed by atoms with Crippen LogP contribution in [0.25, 0.3) is 0 Å². The molecule has 9 aromatic rings. The maximum Gasteiger partial charge on any atom is 0.399 e. The summed E-state index contributed by atoms with van der Waals surface area (Å²) >= 11 is 0. The SMILES string of the molecule is CC1(C)O[C@@H]2[C@@H](O1)C(c1ccccc1)(c1ccccc1)OP(Oc1cccc(OP3OC(c4ccccc4)(c4ccccc4)[C@@H]4OC(C)(C)O[C@H]4C(c4ccccc4)(c4ccccc4)O3)c1)OC2(c1ccccc1)c1ccccc1. The summed E-state index contributed by atoms with van der Waals surface area (Å²) in [4.78, 5) is 0. The summed E-state index contributed by atoms with van der Waals surface area (Å²) in [5, 5.41) is 0. The van der Waals surface area contributed by atoms with Gasteiger partial charge in [0, 0.05) is 6.07 Å². The van der Waals surface area contributed by atoms with E-state index in [0.29, 0.717) is 11.5 Å². The summed E-state index contributed by atoms with van der Waals surface area (Å²) in [5.41, 5.74) is 1.32. The van der Waals surface area contributed by atoms with Crippen LogP contribution in [0.4, 0.5) is 0 Å². The number of hydrogen-bond donors (Lipinski definition) is 0. The molecular formula is C68H60O10P2. The molecule has 0 radical (unpaired) electrons. The van der Waals surface area contributed by atoms with Gasteiger partial charge in [0.1, 0.15) is 35.9 Å². The molecule has 4 saturated heterocycles. The topological polar surface area (TPSA) is 92.3 Å². The fourth-order valence-electron chi connectivity index (χ4n) is 12.1. The highest BCUT2D eigenvalue weighted by atomic mass is 31.2. The molecule has 0 unspecified atom stereocenters. The molecule has 12 heteroatoms. The molecule has 4 atom stereocenters. The Morgan fingerprint density at radius 3 is 0.637 bits per heavy atom. The average molecular weight is 1100 g/mol. The monoisotopic (exact) mass is 1100 g/mol. The molecule has 0 saturated carbocycles. The zero-order chi connectivity index (χ0) is 54.4. The second-order valence-electron chi connectivity index (χ2n) is 21.3. The van der Waals surface area contributed by atoms with Gasteiger partial charge in [-0.1, -0.05) is 249 Å². The molecule has 4 heterocycles. The molecule has 0 bridgehead atoms. The first-order valence-corrected chi connectivity index (χ1v) is 29.2. The molecular weight excluding hydrogens is 1040 g/mol. The Balaban J connectivity index is 0.971. The minimum Gasteiger partial charge on any atom is -0.427 e. The van der Waals surface area contributed by atoms with Gasteiger partial charge in [0.05, 0.1) is 0 Å². The maximum atomic E-state index is 7.70. The molecule has 13 rings (SSSR count). The first kappa shape index (κ1) is 52.5. The third kappa shape index (κ3) is 9.18. The van der Waals surface area contributed by atoms with E-state index in [2.05, 4.69) is 97.1 Å². The van der Waals surface area contributed by atoms with Crippen LogP contribution in [0, 0.1) is 0 Å². The highest BCUT2D eigenvalue weighted by Crippen LogP contribution is 2.67. The zero-order valence-electron chi connectivity index (χ0n) is 44.7. The lowest BCUT2D eigenvalue weighted by molar-refractivity contribution is -0.175. The van der Waals surface area contributed by atoms with E-state index in [0.717, 1.165) is 44.5 Å². The van der Waals surface area contributed by atoms with Gasteiger partial charge in [0.25, 0.3) is 0 Å². The van der Waals surface area contributed by atoms with Crippen LogP contribution >= 0.6 is 17.2 Å². The van der Waals surface area contributed by atoms with Crippen molar-refractivity contribution in [2.24, 2.45) is 0 Å². The minimum atomic E-state index is -2.41. The van der Waals surface area contributed by atoms with E-state index < -0.39 is 75.6 Å². The fraction of sp³-hybridized carbons (Fsp3) is 0.206. The predicted octanol–water partition coefficient (Wildman–Crippen LogP) is 15.8. The number of ether oxygens (including phenoxy) is 4. The van der Waals surface area contributed by atoms with Crippen LogP contribution in [0.15, 0.2) is 267 Å². The van der Waals surface area contributed by atoms with Gasteiger partial charge in [-0.25, -0.2) is 0 Å². The molecule has 80 heavy (non-hydrogen) atoms. The first-order chi connectivity index (χ1) is 39.0. The van der Waals surface area contributed by atoms with E-state index in [4.69, 9.17) is 46.1 Å². The van der Waals surface area contributed by atoms with Crippen molar-refractivity contribution in [2.45, 2.75) is 86.1 Å². The van der Waals surface area contributed by atoms with Crippen molar-refractivity contribution in [1.29, 1.82) is 0 Å². The van der Waals surface area contributed by atoms with Crippen LogP contribution in [0.2, 0.25) is 0 Å². The normalized spacial score (nSPS) is 23.4. The summed E-state index contributed by atoms with van der Waals surface area (Å²) in [6.45, 7) is 7.77. The lowest BCUT2D eigenvalue weighted by Gasteiger charge is -2.41. The van der Waals surface area contributed by atoms with Crippen molar-refractivity contribution >= 4 is 17.2 Å². The molecule has 0 spiro atoms. The Labute approximate surface area is 470 Å². The molecule has 4 aliphatic rings. The second-order valence-corrected chi connectivity index (χ2v) is 23.3. The van der Waals surface area contributed by atoms with E-state index in [9.17, 15) is 0 Å². The fourth-order valence-corrected chi connectivity index (χ4v) is 15.1. The van der Waals surface area contributed by atoms with E-state index in [1.807, 2.05) is 198 Å². The van der Waals surface area contributed by atoms with Crippen molar-refractivity contribution < 1.29 is 46.1 Å². The third-order valence-corrected chi connectivity index (χ3v) is 17.9. The summed E-state index contributed by atoms with van der Waals surface area (Å²) in [6, 6.07) is 88.6. The Morgan fingerprint density at radius 2 is 0.450 bits per heavy atom. The molecule has 10 nitrogen and oxygen atoms in total. The smallest absolute Gasteiger partial charge is 0.399 e. The predicted molar refractivity (Wildman–Crippen MR) is 308 cm³/mol. The van der Waals surface area contributed by atoms with Gasteiger partial charge in [-0.3, -0.25) is 18.1 Å².